The van der Waals surface area contributed by atoms with E-state index in [1.807, 2.05) is 11.6 Å². The van der Waals surface area contributed by atoms with Crippen LogP contribution in [0, 0.1) is 11.3 Å². The van der Waals surface area contributed by atoms with E-state index in [0.717, 1.165) is 51.4 Å². The van der Waals surface area contributed by atoms with E-state index in [1.165, 1.54) is 5.56 Å². The molecule has 2 aliphatic heterocycles. The Balaban J connectivity index is 1.37. The minimum Gasteiger partial charge on any atom is -0.341 e. The molecule has 3 heterocycles. The summed E-state index contributed by atoms with van der Waals surface area (Å²) in [5, 5.41) is 8.52. The van der Waals surface area contributed by atoms with Gasteiger partial charge in [-0.3, -0.25) is 9.69 Å². The molecule has 6 heteroatoms. The summed E-state index contributed by atoms with van der Waals surface area (Å²) in [5.74, 6) is 2.07. The first-order valence-electron chi connectivity index (χ1n) is 9.54. The number of aryl methyl sites for hydroxylation is 1. The van der Waals surface area contributed by atoms with Crippen molar-refractivity contribution in [3.8, 4) is 0 Å². The second-order valence-corrected chi connectivity index (χ2v) is 8.34. The molecule has 0 N–H and O–H groups in total. The summed E-state index contributed by atoms with van der Waals surface area (Å²) in [7, 11) is 2.02. The van der Waals surface area contributed by atoms with E-state index in [1.54, 1.807) is 6.33 Å². The van der Waals surface area contributed by atoms with Gasteiger partial charge in [0.15, 0.2) is 0 Å². The molecular weight excluding hydrogens is 326 g/mol. The van der Waals surface area contributed by atoms with E-state index >= 15 is 0 Å². The van der Waals surface area contributed by atoms with Crippen LogP contribution in [-0.2, 0) is 18.4 Å². The molecular formula is C20H25N5O. The molecule has 0 bridgehead atoms. The maximum atomic E-state index is 12.4. The number of aromatic nitrogens is 3. The molecule has 3 fully saturated rings. The Hall–Kier alpha value is -2.21. The van der Waals surface area contributed by atoms with Crippen LogP contribution in [0.1, 0.15) is 30.1 Å². The SMILES string of the molecule is Cn1cnnc1C1CN(Cc2ccccc2)CC12CN(C(=O)C1CC1)C2. The zero-order valence-electron chi connectivity index (χ0n) is 15.2. The highest BCUT2D eigenvalue weighted by Gasteiger charge is 2.57. The molecule has 136 valence electrons. The second kappa shape index (κ2) is 5.91. The molecule has 1 unspecified atom stereocenters. The molecule has 1 aromatic heterocycles. The quantitative estimate of drug-likeness (QED) is 0.841. The monoisotopic (exact) mass is 351 g/mol. The summed E-state index contributed by atoms with van der Waals surface area (Å²) in [6, 6.07) is 10.6. The van der Waals surface area contributed by atoms with Gasteiger partial charge in [-0.25, -0.2) is 0 Å². The molecule has 1 spiro atoms. The fourth-order valence-corrected chi connectivity index (χ4v) is 4.78. The molecule has 3 aliphatic rings. The topological polar surface area (TPSA) is 54.3 Å². The van der Waals surface area contributed by atoms with Gasteiger partial charge in [-0.1, -0.05) is 30.3 Å². The van der Waals surface area contributed by atoms with Crippen LogP contribution in [0.3, 0.4) is 0 Å². The lowest BCUT2D eigenvalue weighted by atomic mass is 9.71. The second-order valence-electron chi connectivity index (χ2n) is 8.34. The van der Waals surface area contributed by atoms with E-state index in [9.17, 15) is 4.79 Å². The van der Waals surface area contributed by atoms with Crippen LogP contribution in [0.4, 0.5) is 0 Å². The summed E-state index contributed by atoms with van der Waals surface area (Å²) in [6.45, 7) is 4.69. The highest BCUT2D eigenvalue weighted by Crippen LogP contribution is 2.50. The van der Waals surface area contributed by atoms with Crippen LogP contribution in [0.2, 0.25) is 0 Å². The van der Waals surface area contributed by atoms with Crippen molar-refractivity contribution in [2.45, 2.75) is 25.3 Å². The van der Waals surface area contributed by atoms with Crippen molar-refractivity contribution in [1.82, 2.24) is 24.6 Å². The maximum Gasteiger partial charge on any atom is 0.225 e. The first kappa shape index (κ1) is 16.0. The molecule has 1 saturated carbocycles. The minimum atomic E-state index is 0.125. The summed E-state index contributed by atoms with van der Waals surface area (Å²) in [5.41, 5.74) is 1.46. The molecule has 6 nitrogen and oxygen atoms in total. The van der Waals surface area contributed by atoms with Crippen molar-refractivity contribution in [2.24, 2.45) is 18.4 Å². The van der Waals surface area contributed by atoms with Gasteiger partial charge in [0.05, 0.1) is 0 Å². The molecule has 1 aliphatic carbocycles. The van der Waals surface area contributed by atoms with Crippen LogP contribution in [0.25, 0.3) is 0 Å². The van der Waals surface area contributed by atoms with Gasteiger partial charge in [-0.05, 0) is 18.4 Å². The molecule has 1 atom stereocenters. The Morgan fingerprint density at radius 3 is 2.62 bits per heavy atom. The van der Waals surface area contributed by atoms with E-state index in [2.05, 4.69) is 50.3 Å². The zero-order chi connectivity index (χ0) is 17.7. The van der Waals surface area contributed by atoms with E-state index in [-0.39, 0.29) is 5.41 Å². The smallest absolute Gasteiger partial charge is 0.225 e. The van der Waals surface area contributed by atoms with Crippen LogP contribution in [0.5, 0.6) is 0 Å². The summed E-state index contributed by atoms with van der Waals surface area (Å²) in [4.78, 5) is 17.0. The number of carbonyl (C=O) groups excluding carboxylic acids is 1. The molecule has 1 aromatic carbocycles. The normalized spacial score (nSPS) is 24.8. The Morgan fingerprint density at radius 2 is 1.96 bits per heavy atom. The third kappa shape index (κ3) is 2.63. The standard InChI is InChI=1S/C20H25N5O/c1-23-14-21-22-18(23)17-10-24(9-15-5-3-2-4-6-15)11-20(17)12-25(13-20)19(26)16-7-8-16/h2-6,14,16-17H,7-13H2,1H3. The fourth-order valence-electron chi connectivity index (χ4n) is 4.78. The van der Waals surface area contributed by atoms with Crippen molar-refractivity contribution in [2.75, 3.05) is 26.2 Å². The molecule has 5 rings (SSSR count). The van der Waals surface area contributed by atoms with Gasteiger partial charge in [-0.15, -0.1) is 10.2 Å². The Labute approximate surface area is 153 Å². The average molecular weight is 351 g/mol. The summed E-state index contributed by atoms with van der Waals surface area (Å²) in [6.07, 6.45) is 3.94. The number of hydrogen-bond donors (Lipinski definition) is 0. The van der Waals surface area contributed by atoms with Crippen molar-refractivity contribution in [1.29, 1.82) is 0 Å². The number of rotatable bonds is 4. The number of carbonyl (C=O) groups is 1. The molecule has 1 amide bonds. The Kier molecular flexibility index (Phi) is 3.64. The third-order valence-electron chi connectivity index (χ3n) is 6.28. The van der Waals surface area contributed by atoms with Crippen molar-refractivity contribution >= 4 is 5.91 Å². The molecule has 26 heavy (non-hydrogen) atoms. The third-order valence-corrected chi connectivity index (χ3v) is 6.28. The van der Waals surface area contributed by atoms with Gasteiger partial charge in [0.25, 0.3) is 0 Å². The zero-order valence-corrected chi connectivity index (χ0v) is 15.2. The number of nitrogens with zero attached hydrogens (tertiary/aromatic N) is 5. The van der Waals surface area contributed by atoms with Gasteiger partial charge < -0.3 is 9.47 Å². The van der Waals surface area contributed by atoms with E-state index in [4.69, 9.17) is 0 Å². The van der Waals surface area contributed by atoms with E-state index in [0.29, 0.717) is 17.7 Å². The fraction of sp³-hybridized carbons (Fsp3) is 0.550. The highest BCUT2D eigenvalue weighted by atomic mass is 16.2. The summed E-state index contributed by atoms with van der Waals surface area (Å²) < 4.78 is 2.05. The summed E-state index contributed by atoms with van der Waals surface area (Å²) >= 11 is 0. The first-order chi connectivity index (χ1) is 12.6. The molecule has 2 aromatic rings. The molecule has 2 saturated heterocycles. The average Bonchev–Trinajstić information content (AvgIpc) is 3.28. The van der Waals surface area contributed by atoms with Crippen LogP contribution in [-0.4, -0.2) is 56.7 Å². The van der Waals surface area contributed by atoms with E-state index < -0.39 is 0 Å². The molecule has 0 radical (unpaired) electrons. The van der Waals surface area contributed by atoms with Gasteiger partial charge in [0.2, 0.25) is 5.91 Å². The first-order valence-corrected chi connectivity index (χ1v) is 9.54. The van der Waals surface area contributed by atoms with Crippen molar-refractivity contribution in [3.05, 3.63) is 48.0 Å². The maximum absolute atomic E-state index is 12.4. The Bertz CT molecular complexity index is 807. The number of benzene rings is 1. The number of amides is 1. The number of likely N-dealkylation sites (tertiary alicyclic amines) is 2. The van der Waals surface area contributed by atoms with Gasteiger partial charge in [-0.2, -0.15) is 0 Å². The predicted molar refractivity (Wildman–Crippen MR) is 97.2 cm³/mol. The van der Waals surface area contributed by atoms with Crippen LogP contribution >= 0.6 is 0 Å². The van der Waals surface area contributed by atoms with Crippen LogP contribution < -0.4 is 0 Å². The lowest BCUT2D eigenvalue weighted by Crippen LogP contribution is -2.62. The number of hydrogen-bond acceptors (Lipinski definition) is 4. The lowest BCUT2D eigenvalue weighted by molar-refractivity contribution is -0.145. The lowest BCUT2D eigenvalue weighted by Gasteiger charge is -2.51. The van der Waals surface area contributed by atoms with Gasteiger partial charge in [0.1, 0.15) is 12.2 Å². The van der Waals surface area contributed by atoms with Gasteiger partial charge in [0, 0.05) is 57.0 Å². The predicted octanol–water partition coefficient (Wildman–Crippen LogP) is 1.65. The highest BCUT2D eigenvalue weighted by molar-refractivity contribution is 5.82. The van der Waals surface area contributed by atoms with Crippen molar-refractivity contribution in [3.63, 3.8) is 0 Å². The van der Waals surface area contributed by atoms with Gasteiger partial charge >= 0.3 is 0 Å². The van der Waals surface area contributed by atoms with Crippen LogP contribution in [0.15, 0.2) is 36.7 Å². The largest absolute Gasteiger partial charge is 0.341 e. The van der Waals surface area contributed by atoms with Crippen molar-refractivity contribution < 1.29 is 4.79 Å². The minimum absolute atomic E-state index is 0.125. The Morgan fingerprint density at radius 1 is 1.19 bits per heavy atom.